The number of para-hydroxylation sites is 1. The summed E-state index contributed by atoms with van der Waals surface area (Å²) in [6.07, 6.45) is 0. The Morgan fingerprint density at radius 2 is 1.88 bits per heavy atom. The topological polar surface area (TPSA) is 84.9 Å². The van der Waals surface area contributed by atoms with Crippen molar-refractivity contribution in [2.75, 3.05) is 19.5 Å². The Bertz CT molecular complexity index is 509. The van der Waals surface area contributed by atoms with Gasteiger partial charge in [-0.05, 0) is 6.07 Å². The molecule has 0 aromatic heterocycles. The molecule has 1 atom stereocenters. The summed E-state index contributed by atoms with van der Waals surface area (Å²) in [7, 11) is -1.74. The van der Waals surface area contributed by atoms with E-state index >= 15 is 0 Å². The fourth-order valence-electron chi connectivity index (χ4n) is 1.84. The van der Waals surface area contributed by atoms with Gasteiger partial charge in [0, 0.05) is 25.5 Å². The van der Waals surface area contributed by atoms with Crippen LogP contribution in [0, 0.1) is 0 Å². The summed E-state index contributed by atoms with van der Waals surface area (Å²) in [4.78, 5) is 11.8. The van der Waals surface area contributed by atoms with E-state index in [2.05, 4.69) is 5.32 Å². The Morgan fingerprint density at radius 3 is 2.47 bits per heavy atom. The first-order valence-corrected chi connectivity index (χ1v) is 6.39. The Kier molecular flexibility index (Phi) is 2.83. The van der Waals surface area contributed by atoms with Crippen molar-refractivity contribution in [3.05, 3.63) is 29.8 Å². The van der Waals surface area contributed by atoms with Crippen LogP contribution in [-0.2, 0) is 23.7 Å². The minimum atomic E-state index is -3.99. The second-order valence-electron chi connectivity index (χ2n) is 3.53. The number of carbonyl (C=O) groups is 1. The van der Waals surface area contributed by atoms with Crippen molar-refractivity contribution in [3.63, 3.8) is 0 Å². The standard InChI is InChI=1S/C10H12NO5P/c1-15-17(14,16-2)10(13)7-5-3-4-6-8(7)11-9(10)12/h3-6,13H,1-2H3,(H,11,12). The number of amides is 1. The largest absolute Gasteiger partial charge is 0.376 e. The maximum Gasteiger partial charge on any atom is 0.376 e. The van der Waals surface area contributed by atoms with Gasteiger partial charge in [0.05, 0.1) is 0 Å². The molecule has 1 aromatic carbocycles. The number of hydrogen-bond donors (Lipinski definition) is 2. The number of nitrogens with one attached hydrogen (secondary N) is 1. The van der Waals surface area contributed by atoms with Crippen LogP contribution in [0.25, 0.3) is 0 Å². The number of rotatable bonds is 3. The van der Waals surface area contributed by atoms with Crippen molar-refractivity contribution >= 4 is 19.2 Å². The Balaban J connectivity index is 2.66. The summed E-state index contributed by atoms with van der Waals surface area (Å²) in [5.41, 5.74) is 0.589. The van der Waals surface area contributed by atoms with E-state index in [9.17, 15) is 14.5 Å². The highest BCUT2D eigenvalue weighted by Gasteiger charge is 2.60. The molecule has 0 spiro atoms. The van der Waals surface area contributed by atoms with E-state index in [0.29, 0.717) is 5.69 Å². The molecule has 0 fully saturated rings. The zero-order chi connectivity index (χ0) is 12.7. The van der Waals surface area contributed by atoms with E-state index in [1.165, 1.54) is 6.07 Å². The van der Waals surface area contributed by atoms with Gasteiger partial charge in [-0.2, -0.15) is 0 Å². The summed E-state index contributed by atoms with van der Waals surface area (Å²) in [5.74, 6) is -0.814. The fourth-order valence-corrected chi connectivity index (χ4v) is 3.31. The molecule has 0 radical (unpaired) electrons. The second kappa shape index (κ2) is 3.92. The van der Waals surface area contributed by atoms with Crippen LogP contribution in [0.1, 0.15) is 5.56 Å². The van der Waals surface area contributed by atoms with E-state index in [1.807, 2.05) is 0 Å². The third-order valence-corrected chi connectivity index (χ3v) is 4.94. The van der Waals surface area contributed by atoms with Gasteiger partial charge < -0.3 is 19.5 Å². The maximum absolute atomic E-state index is 12.3. The van der Waals surface area contributed by atoms with Crippen molar-refractivity contribution < 1.29 is 23.5 Å². The van der Waals surface area contributed by atoms with Crippen molar-refractivity contribution in [1.82, 2.24) is 0 Å². The van der Waals surface area contributed by atoms with Crippen LogP contribution in [-0.4, -0.2) is 25.2 Å². The van der Waals surface area contributed by atoms with E-state index in [1.54, 1.807) is 18.2 Å². The van der Waals surface area contributed by atoms with Crippen LogP contribution >= 0.6 is 7.60 Å². The van der Waals surface area contributed by atoms with Crippen molar-refractivity contribution in [2.24, 2.45) is 0 Å². The highest BCUT2D eigenvalue weighted by Crippen LogP contribution is 2.65. The molecule has 1 heterocycles. The van der Waals surface area contributed by atoms with Crippen LogP contribution in [0.5, 0.6) is 0 Å². The van der Waals surface area contributed by atoms with Crippen LogP contribution in [0.3, 0.4) is 0 Å². The number of benzene rings is 1. The molecule has 1 amide bonds. The van der Waals surface area contributed by atoms with Crippen molar-refractivity contribution in [2.45, 2.75) is 5.34 Å². The lowest BCUT2D eigenvalue weighted by atomic mass is 10.1. The highest BCUT2D eigenvalue weighted by molar-refractivity contribution is 7.56. The van der Waals surface area contributed by atoms with E-state index in [4.69, 9.17) is 9.05 Å². The van der Waals surface area contributed by atoms with Crippen LogP contribution in [0.2, 0.25) is 0 Å². The monoisotopic (exact) mass is 257 g/mol. The molecule has 6 nitrogen and oxygen atoms in total. The van der Waals surface area contributed by atoms with Crippen molar-refractivity contribution in [1.29, 1.82) is 0 Å². The summed E-state index contributed by atoms with van der Waals surface area (Å²) in [6.45, 7) is 0. The molecular formula is C10H12NO5P. The fraction of sp³-hybridized carbons (Fsp3) is 0.300. The number of aliphatic hydroxyl groups is 1. The van der Waals surface area contributed by atoms with Gasteiger partial charge in [-0.3, -0.25) is 9.36 Å². The maximum atomic E-state index is 12.3. The second-order valence-corrected chi connectivity index (χ2v) is 5.91. The Labute approximate surface area is 98.1 Å². The van der Waals surface area contributed by atoms with E-state index in [-0.39, 0.29) is 5.56 Å². The van der Waals surface area contributed by atoms with Gasteiger partial charge in [0.2, 0.25) is 0 Å². The zero-order valence-electron chi connectivity index (χ0n) is 9.34. The van der Waals surface area contributed by atoms with Gasteiger partial charge in [-0.25, -0.2) is 0 Å². The van der Waals surface area contributed by atoms with Gasteiger partial charge in [-0.1, -0.05) is 18.2 Å². The van der Waals surface area contributed by atoms with Crippen molar-refractivity contribution in [3.8, 4) is 0 Å². The lowest BCUT2D eigenvalue weighted by Gasteiger charge is -2.27. The molecule has 92 valence electrons. The molecule has 0 aliphatic carbocycles. The van der Waals surface area contributed by atoms with Gasteiger partial charge in [0.25, 0.3) is 11.2 Å². The van der Waals surface area contributed by atoms with Crippen LogP contribution < -0.4 is 5.32 Å². The SMILES string of the molecule is COP(=O)(OC)C1(O)C(=O)Nc2ccccc21. The Hall–Kier alpha value is -1.20. The number of anilines is 1. The lowest BCUT2D eigenvalue weighted by molar-refractivity contribution is -0.127. The molecule has 1 unspecified atom stereocenters. The first kappa shape index (κ1) is 12.3. The molecule has 0 bridgehead atoms. The first-order valence-electron chi connectivity index (χ1n) is 4.84. The van der Waals surface area contributed by atoms with Gasteiger partial charge in [0.1, 0.15) is 0 Å². The van der Waals surface area contributed by atoms with Crippen LogP contribution in [0.15, 0.2) is 24.3 Å². The lowest BCUT2D eigenvalue weighted by Crippen LogP contribution is -2.35. The summed E-state index contributed by atoms with van der Waals surface area (Å²) in [6, 6.07) is 6.41. The summed E-state index contributed by atoms with van der Waals surface area (Å²) < 4.78 is 21.7. The molecule has 2 rings (SSSR count). The predicted molar refractivity (Wildman–Crippen MR) is 60.6 cm³/mol. The molecule has 0 saturated heterocycles. The molecule has 1 aromatic rings. The number of hydrogen-bond acceptors (Lipinski definition) is 5. The minimum Gasteiger partial charge on any atom is -0.366 e. The van der Waals surface area contributed by atoms with Gasteiger partial charge >= 0.3 is 7.60 Å². The van der Waals surface area contributed by atoms with Gasteiger partial charge in [0.15, 0.2) is 0 Å². The third kappa shape index (κ3) is 1.46. The minimum absolute atomic E-state index is 0.192. The normalized spacial score (nSPS) is 23.4. The molecule has 1 aliphatic heterocycles. The summed E-state index contributed by atoms with van der Waals surface area (Å²) >= 11 is 0. The van der Waals surface area contributed by atoms with E-state index in [0.717, 1.165) is 14.2 Å². The Morgan fingerprint density at radius 1 is 1.29 bits per heavy atom. The molecular weight excluding hydrogens is 245 g/mol. The highest BCUT2D eigenvalue weighted by atomic mass is 31.2. The predicted octanol–water partition coefficient (Wildman–Crippen LogP) is 1.27. The average molecular weight is 257 g/mol. The zero-order valence-corrected chi connectivity index (χ0v) is 10.2. The molecule has 2 N–H and O–H groups in total. The summed E-state index contributed by atoms with van der Waals surface area (Å²) in [5, 5.41) is 10.5. The molecule has 7 heteroatoms. The van der Waals surface area contributed by atoms with Gasteiger partial charge in [-0.15, -0.1) is 0 Å². The number of carbonyl (C=O) groups excluding carboxylic acids is 1. The van der Waals surface area contributed by atoms with E-state index < -0.39 is 18.8 Å². The molecule has 17 heavy (non-hydrogen) atoms. The average Bonchev–Trinajstić information content (AvgIpc) is 2.62. The quantitative estimate of drug-likeness (QED) is 0.796. The first-order chi connectivity index (χ1) is 7.99. The number of fused-ring (bicyclic) bond motifs is 1. The molecule has 0 saturated carbocycles. The molecule has 1 aliphatic rings. The smallest absolute Gasteiger partial charge is 0.366 e. The van der Waals surface area contributed by atoms with Crippen LogP contribution in [0.4, 0.5) is 5.69 Å². The third-order valence-electron chi connectivity index (χ3n) is 2.74.